The lowest BCUT2D eigenvalue weighted by atomic mass is 10.3. The van der Waals surface area contributed by atoms with Crippen molar-refractivity contribution in [2.45, 2.75) is 0 Å². The second-order valence-electron chi connectivity index (χ2n) is 3.85. The minimum atomic E-state index is -0.155. The van der Waals surface area contributed by atoms with Gasteiger partial charge in [-0.2, -0.15) is 0 Å². The summed E-state index contributed by atoms with van der Waals surface area (Å²) in [5.74, 6) is 0.527. The summed E-state index contributed by atoms with van der Waals surface area (Å²) in [6.07, 6.45) is 0. The maximum Gasteiger partial charge on any atom is 0.265 e. The second-order valence-corrected chi connectivity index (χ2v) is 7.08. The molecule has 3 N–H and O–H groups in total. The molecule has 0 aliphatic heterocycles. The van der Waals surface area contributed by atoms with Crippen LogP contribution < -0.4 is 15.8 Å². The number of hydrogen-bond donors (Lipinski definition) is 2. The van der Waals surface area contributed by atoms with Crippen molar-refractivity contribution >= 4 is 54.8 Å². The number of thiophene rings is 1. The largest absolute Gasteiger partial charge is 0.492 e. The summed E-state index contributed by atoms with van der Waals surface area (Å²) < 4.78 is 7.18. The third-order valence-corrected chi connectivity index (χ3v) is 5.60. The van der Waals surface area contributed by atoms with Gasteiger partial charge in [-0.15, -0.1) is 11.3 Å². The smallest absolute Gasteiger partial charge is 0.265 e. The molecule has 0 radical (unpaired) electrons. The van der Waals surface area contributed by atoms with Gasteiger partial charge >= 0.3 is 0 Å². The molecule has 0 saturated heterocycles. The van der Waals surface area contributed by atoms with Crippen molar-refractivity contribution in [3.05, 3.63) is 43.5 Å². The molecule has 0 saturated carbocycles. The van der Waals surface area contributed by atoms with Gasteiger partial charge in [0.05, 0.1) is 8.66 Å². The van der Waals surface area contributed by atoms with E-state index in [9.17, 15) is 4.79 Å². The lowest BCUT2D eigenvalue weighted by molar-refractivity contribution is 0.103. The Kier molecular flexibility index (Phi) is 5.59. The van der Waals surface area contributed by atoms with E-state index in [0.717, 1.165) is 8.26 Å². The summed E-state index contributed by atoms with van der Waals surface area (Å²) in [7, 11) is 0. The van der Waals surface area contributed by atoms with Crippen molar-refractivity contribution in [2.75, 3.05) is 18.5 Å². The van der Waals surface area contributed by atoms with Gasteiger partial charge < -0.3 is 15.8 Å². The van der Waals surface area contributed by atoms with Crippen LogP contribution >= 0.6 is 43.2 Å². The minimum absolute atomic E-state index is 0.155. The molecule has 1 aromatic heterocycles. The zero-order chi connectivity index (χ0) is 14.5. The molecule has 0 fully saturated rings. The Bertz CT molecular complexity index is 597. The van der Waals surface area contributed by atoms with Crippen LogP contribution in [0.1, 0.15) is 9.67 Å². The summed E-state index contributed by atoms with van der Waals surface area (Å²) in [5, 5.41) is 2.83. The first-order valence-electron chi connectivity index (χ1n) is 5.79. The van der Waals surface area contributed by atoms with E-state index in [4.69, 9.17) is 10.5 Å². The molecule has 2 rings (SSSR count). The fourth-order valence-electron chi connectivity index (χ4n) is 1.49. The molecule has 0 spiro atoms. The van der Waals surface area contributed by atoms with Gasteiger partial charge in [0.15, 0.2) is 0 Å². The van der Waals surface area contributed by atoms with Crippen molar-refractivity contribution in [2.24, 2.45) is 5.73 Å². The van der Waals surface area contributed by atoms with Crippen LogP contribution in [0.5, 0.6) is 5.75 Å². The van der Waals surface area contributed by atoms with E-state index < -0.39 is 0 Å². The molecule has 0 unspecified atom stereocenters. The Balaban J connectivity index is 2.07. The normalized spacial score (nSPS) is 10.3. The number of rotatable bonds is 5. The number of ether oxygens (including phenoxy) is 1. The Hall–Kier alpha value is -0.890. The summed E-state index contributed by atoms with van der Waals surface area (Å²) in [6, 6.07) is 9.00. The molecular weight excluding hydrogens is 408 g/mol. The van der Waals surface area contributed by atoms with Crippen LogP contribution in [0.15, 0.2) is 38.6 Å². The van der Waals surface area contributed by atoms with Crippen LogP contribution in [-0.4, -0.2) is 19.1 Å². The average Bonchev–Trinajstić information content (AvgIpc) is 2.77. The molecule has 1 aromatic carbocycles. The lowest BCUT2D eigenvalue weighted by Crippen LogP contribution is -2.12. The molecule has 7 heteroatoms. The van der Waals surface area contributed by atoms with E-state index in [0.29, 0.717) is 29.5 Å². The summed E-state index contributed by atoms with van der Waals surface area (Å²) >= 11 is 8.10. The van der Waals surface area contributed by atoms with Crippen LogP contribution in [0.3, 0.4) is 0 Å². The Morgan fingerprint density at radius 2 is 2.15 bits per heavy atom. The third kappa shape index (κ3) is 4.05. The quantitative estimate of drug-likeness (QED) is 0.773. The highest BCUT2D eigenvalue weighted by molar-refractivity contribution is 9.13. The molecule has 1 heterocycles. The van der Waals surface area contributed by atoms with Gasteiger partial charge in [-0.05, 0) is 50.1 Å². The zero-order valence-electron chi connectivity index (χ0n) is 10.4. The van der Waals surface area contributed by atoms with E-state index >= 15 is 0 Å². The Labute approximate surface area is 137 Å². The van der Waals surface area contributed by atoms with Crippen molar-refractivity contribution in [3.8, 4) is 5.75 Å². The highest BCUT2D eigenvalue weighted by atomic mass is 79.9. The number of benzene rings is 1. The van der Waals surface area contributed by atoms with E-state index in [1.165, 1.54) is 11.3 Å². The number of carbonyl (C=O) groups excluding carboxylic acids is 1. The van der Waals surface area contributed by atoms with Gasteiger partial charge in [-0.1, -0.05) is 6.07 Å². The monoisotopic (exact) mass is 418 g/mol. The highest BCUT2D eigenvalue weighted by Gasteiger charge is 2.12. The topological polar surface area (TPSA) is 64.3 Å². The van der Waals surface area contributed by atoms with E-state index in [1.807, 2.05) is 18.2 Å². The van der Waals surface area contributed by atoms with Crippen LogP contribution in [0.4, 0.5) is 5.69 Å². The SMILES string of the molecule is NCCOc1cccc(NC(=O)c2cc(Br)c(Br)s2)c1. The number of amides is 1. The molecule has 0 aliphatic rings. The molecule has 20 heavy (non-hydrogen) atoms. The Morgan fingerprint density at radius 3 is 2.80 bits per heavy atom. The van der Waals surface area contributed by atoms with Gasteiger partial charge in [-0.3, -0.25) is 4.79 Å². The molecule has 0 bridgehead atoms. The van der Waals surface area contributed by atoms with E-state index in [1.54, 1.807) is 12.1 Å². The van der Waals surface area contributed by atoms with Crippen LogP contribution in [0.2, 0.25) is 0 Å². The van der Waals surface area contributed by atoms with Gasteiger partial charge in [-0.25, -0.2) is 0 Å². The first kappa shape index (κ1) is 15.5. The first-order valence-corrected chi connectivity index (χ1v) is 8.19. The van der Waals surface area contributed by atoms with Crippen molar-refractivity contribution in [1.82, 2.24) is 0 Å². The number of halogens is 2. The minimum Gasteiger partial charge on any atom is -0.492 e. The standard InChI is InChI=1S/C13H12Br2N2O2S/c14-10-7-11(20-12(10)15)13(18)17-8-2-1-3-9(6-8)19-5-4-16/h1-3,6-7H,4-5,16H2,(H,17,18). The molecular formula is C13H12Br2N2O2S. The predicted molar refractivity (Wildman–Crippen MR) is 88.7 cm³/mol. The number of nitrogens with one attached hydrogen (secondary N) is 1. The maximum atomic E-state index is 12.1. The van der Waals surface area contributed by atoms with Crippen LogP contribution in [-0.2, 0) is 0 Å². The molecule has 4 nitrogen and oxygen atoms in total. The highest BCUT2D eigenvalue weighted by Crippen LogP contribution is 2.32. The molecule has 0 atom stereocenters. The fourth-order valence-corrected chi connectivity index (χ4v) is 3.42. The lowest BCUT2D eigenvalue weighted by Gasteiger charge is -2.07. The van der Waals surface area contributed by atoms with Crippen molar-refractivity contribution in [1.29, 1.82) is 0 Å². The molecule has 0 aliphatic carbocycles. The van der Waals surface area contributed by atoms with Gasteiger partial charge in [0.2, 0.25) is 0 Å². The predicted octanol–water partition coefficient (Wildman–Crippen LogP) is 3.86. The summed E-state index contributed by atoms with van der Waals surface area (Å²) in [6.45, 7) is 0.899. The van der Waals surface area contributed by atoms with Crippen LogP contribution in [0.25, 0.3) is 0 Å². The number of nitrogens with two attached hydrogens (primary N) is 1. The van der Waals surface area contributed by atoms with Crippen molar-refractivity contribution in [3.63, 3.8) is 0 Å². The fraction of sp³-hybridized carbons (Fsp3) is 0.154. The van der Waals surface area contributed by atoms with E-state index in [2.05, 4.69) is 37.2 Å². The third-order valence-electron chi connectivity index (χ3n) is 2.35. The van der Waals surface area contributed by atoms with Gasteiger partial charge in [0, 0.05) is 22.8 Å². The second kappa shape index (κ2) is 7.21. The Morgan fingerprint density at radius 1 is 1.35 bits per heavy atom. The van der Waals surface area contributed by atoms with Crippen molar-refractivity contribution < 1.29 is 9.53 Å². The van der Waals surface area contributed by atoms with E-state index in [-0.39, 0.29) is 5.91 Å². The molecule has 2 aromatic rings. The van der Waals surface area contributed by atoms with Gasteiger partial charge in [0.1, 0.15) is 12.4 Å². The number of hydrogen-bond acceptors (Lipinski definition) is 4. The summed E-state index contributed by atoms with van der Waals surface area (Å²) in [5.41, 5.74) is 6.07. The van der Waals surface area contributed by atoms with Gasteiger partial charge in [0.25, 0.3) is 5.91 Å². The molecule has 1 amide bonds. The number of anilines is 1. The first-order chi connectivity index (χ1) is 9.60. The molecule has 106 valence electrons. The summed E-state index contributed by atoms with van der Waals surface area (Å²) in [4.78, 5) is 12.7. The zero-order valence-corrected chi connectivity index (χ0v) is 14.3. The number of carbonyl (C=O) groups is 1. The average molecular weight is 420 g/mol. The maximum absolute atomic E-state index is 12.1. The van der Waals surface area contributed by atoms with Crippen LogP contribution in [0, 0.1) is 0 Å².